The summed E-state index contributed by atoms with van der Waals surface area (Å²) in [5, 5.41) is 3.06. The maximum atomic E-state index is 5.64. The van der Waals surface area contributed by atoms with Crippen molar-refractivity contribution in [1.29, 1.82) is 0 Å². The Morgan fingerprint density at radius 1 is 1.47 bits per heavy atom. The molecule has 2 N–H and O–H groups in total. The Morgan fingerprint density at radius 3 is 3.00 bits per heavy atom. The van der Waals surface area contributed by atoms with E-state index in [1.807, 2.05) is 30.5 Å². The van der Waals surface area contributed by atoms with E-state index >= 15 is 0 Å². The number of ether oxygens (including phenoxy) is 1. The number of nitrogens with two attached hydrogens (primary N) is 1. The number of thiazole rings is 1. The van der Waals surface area contributed by atoms with Crippen molar-refractivity contribution in [3.8, 4) is 5.75 Å². The van der Waals surface area contributed by atoms with Gasteiger partial charge >= 0.3 is 0 Å². The Balaban J connectivity index is 1.99. The molecule has 1 aromatic heterocycles. The van der Waals surface area contributed by atoms with Gasteiger partial charge in [0.05, 0.1) is 10.7 Å². The molecule has 4 heteroatoms. The van der Waals surface area contributed by atoms with Crippen LogP contribution in [0.2, 0.25) is 0 Å². The first-order chi connectivity index (χ1) is 7.24. The van der Waals surface area contributed by atoms with Gasteiger partial charge in [0.25, 0.3) is 0 Å². The Morgan fingerprint density at radius 2 is 2.33 bits per heavy atom. The number of anilines is 1. The third kappa shape index (κ3) is 2.70. The van der Waals surface area contributed by atoms with E-state index in [4.69, 9.17) is 10.5 Å². The van der Waals surface area contributed by atoms with Gasteiger partial charge in [0.15, 0.2) is 0 Å². The minimum absolute atomic E-state index is 0.494. The molecule has 0 radical (unpaired) electrons. The summed E-state index contributed by atoms with van der Waals surface area (Å²) < 4.78 is 5.55. The SMILES string of the molecule is Cc1nc(COc2cccc(N)c2)cs1. The second kappa shape index (κ2) is 4.31. The standard InChI is InChI=1S/C11H12N2OS/c1-8-13-10(7-15-8)6-14-11-4-2-3-9(12)5-11/h2-5,7H,6,12H2,1H3. The van der Waals surface area contributed by atoms with E-state index in [1.165, 1.54) is 0 Å². The normalized spacial score (nSPS) is 10.2. The molecule has 0 saturated heterocycles. The molecular weight excluding hydrogens is 208 g/mol. The van der Waals surface area contributed by atoms with Crippen LogP contribution < -0.4 is 10.5 Å². The van der Waals surface area contributed by atoms with E-state index in [0.717, 1.165) is 16.5 Å². The first-order valence-corrected chi connectivity index (χ1v) is 5.51. The molecule has 0 unspecified atom stereocenters. The van der Waals surface area contributed by atoms with Gasteiger partial charge in [-0.05, 0) is 19.1 Å². The summed E-state index contributed by atoms with van der Waals surface area (Å²) >= 11 is 1.63. The molecule has 0 aliphatic rings. The van der Waals surface area contributed by atoms with Gasteiger partial charge in [-0.1, -0.05) is 6.07 Å². The molecule has 2 aromatic rings. The van der Waals surface area contributed by atoms with Crippen LogP contribution >= 0.6 is 11.3 Å². The molecule has 0 bridgehead atoms. The van der Waals surface area contributed by atoms with Crippen LogP contribution in [0.15, 0.2) is 29.6 Å². The van der Waals surface area contributed by atoms with E-state index < -0.39 is 0 Å². The van der Waals surface area contributed by atoms with Crippen LogP contribution in [0.1, 0.15) is 10.7 Å². The maximum Gasteiger partial charge on any atom is 0.131 e. The van der Waals surface area contributed by atoms with Crippen molar-refractivity contribution >= 4 is 17.0 Å². The second-order valence-electron chi connectivity index (χ2n) is 3.22. The molecule has 1 heterocycles. The van der Waals surface area contributed by atoms with Crippen LogP contribution in [0.3, 0.4) is 0 Å². The molecule has 15 heavy (non-hydrogen) atoms. The highest BCUT2D eigenvalue weighted by atomic mass is 32.1. The van der Waals surface area contributed by atoms with Crippen molar-refractivity contribution in [1.82, 2.24) is 4.98 Å². The Kier molecular flexibility index (Phi) is 2.87. The molecule has 0 aliphatic carbocycles. The molecule has 3 nitrogen and oxygen atoms in total. The van der Waals surface area contributed by atoms with Crippen LogP contribution in [0.25, 0.3) is 0 Å². The molecule has 0 aliphatic heterocycles. The van der Waals surface area contributed by atoms with Gasteiger partial charge in [-0.15, -0.1) is 11.3 Å². The van der Waals surface area contributed by atoms with Gasteiger partial charge in [0.2, 0.25) is 0 Å². The summed E-state index contributed by atoms with van der Waals surface area (Å²) in [5.74, 6) is 0.778. The third-order valence-corrected chi connectivity index (χ3v) is 2.73. The van der Waals surface area contributed by atoms with Gasteiger partial charge in [-0.2, -0.15) is 0 Å². The van der Waals surface area contributed by atoms with Crippen molar-refractivity contribution in [2.45, 2.75) is 13.5 Å². The van der Waals surface area contributed by atoms with Crippen LogP contribution in [-0.4, -0.2) is 4.98 Å². The fourth-order valence-corrected chi connectivity index (χ4v) is 1.83. The molecular formula is C11H12N2OS. The Labute approximate surface area is 92.5 Å². The quantitative estimate of drug-likeness (QED) is 0.809. The zero-order chi connectivity index (χ0) is 10.7. The fourth-order valence-electron chi connectivity index (χ4n) is 1.24. The molecule has 0 atom stereocenters. The largest absolute Gasteiger partial charge is 0.487 e. The highest BCUT2D eigenvalue weighted by molar-refractivity contribution is 7.09. The zero-order valence-corrected chi connectivity index (χ0v) is 9.25. The van der Waals surface area contributed by atoms with Crippen molar-refractivity contribution < 1.29 is 4.74 Å². The van der Waals surface area contributed by atoms with Crippen LogP contribution in [0.5, 0.6) is 5.75 Å². The topological polar surface area (TPSA) is 48.1 Å². The van der Waals surface area contributed by atoms with E-state index in [2.05, 4.69) is 4.98 Å². The predicted molar refractivity (Wildman–Crippen MR) is 62.0 cm³/mol. The van der Waals surface area contributed by atoms with E-state index in [9.17, 15) is 0 Å². The fraction of sp³-hybridized carbons (Fsp3) is 0.182. The average Bonchev–Trinajstić information content (AvgIpc) is 2.62. The number of aryl methyl sites for hydroxylation is 1. The lowest BCUT2D eigenvalue weighted by Gasteiger charge is -2.04. The molecule has 1 aromatic carbocycles. The highest BCUT2D eigenvalue weighted by Gasteiger charge is 1.99. The second-order valence-corrected chi connectivity index (χ2v) is 4.28. The summed E-state index contributed by atoms with van der Waals surface area (Å²) in [5.41, 5.74) is 7.31. The van der Waals surface area contributed by atoms with Gasteiger partial charge in [0.1, 0.15) is 12.4 Å². The molecule has 0 saturated carbocycles. The Hall–Kier alpha value is -1.55. The van der Waals surface area contributed by atoms with E-state index in [0.29, 0.717) is 12.3 Å². The minimum atomic E-state index is 0.494. The van der Waals surface area contributed by atoms with Crippen LogP contribution in [0.4, 0.5) is 5.69 Å². The van der Waals surface area contributed by atoms with E-state index in [1.54, 1.807) is 17.4 Å². The van der Waals surface area contributed by atoms with Crippen molar-refractivity contribution in [2.24, 2.45) is 0 Å². The molecule has 0 spiro atoms. The van der Waals surface area contributed by atoms with Crippen molar-refractivity contribution in [3.63, 3.8) is 0 Å². The summed E-state index contributed by atoms with van der Waals surface area (Å²) in [6.45, 7) is 2.47. The zero-order valence-electron chi connectivity index (χ0n) is 8.43. The summed E-state index contributed by atoms with van der Waals surface area (Å²) in [6, 6.07) is 7.39. The van der Waals surface area contributed by atoms with Crippen LogP contribution in [0, 0.1) is 6.92 Å². The van der Waals surface area contributed by atoms with Crippen molar-refractivity contribution in [3.05, 3.63) is 40.3 Å². The molecule has 2 rings (SSSR count). The maximum absolute atomic E-state index is 5.64. The first kappa shape index (κ1) is 9.98. The Bertz CT molecular complexity index is 453. The number of nitrogen functional groups attached to an aromatic ring is 1. The van der Waals surface area contributed by atoms with E-state index in [-0.39, 0.29) is 0 Å². The van der Waals surface area contributed by atoms with Gasteiger partial charge < -0.3 is 10.5 Å². The van der Waals surface area contributed by atoms with Gasteiger partial charge in [-0.25, -0.2) is 4.98 Å². The summed E-state index contributed by atoms with van der Waals surface area (Å²) in [4.78, 5) is 4.31. The van der Waals surface area contributed by atoms with Gasteiger partial charge in [0, 0.05) is 17.1 Å². The smallest absolute Gasteiger partial charge is 0.131 e. The molecule has 78 valence electrons. The first-order valence-electron chi connectivity index (χ1n) is 4.63. The highest BCUT2D eigenvalue weighted by Crippen LogP contribution is 2.16. The monoisotopic (exact) mass is 220 g/mol. The summed E-state index contributed by atoms with van der Waals surface area (Å²) in [6.07, 6.45) is 0. The lowest BCUT2D eigenvalue weighted by molar-refractivity contribution is 0.302. The van der Waals surface area contributed by atoms with Gasteiger partial charge in [-0.3, -0.25) is 0 Å². The molecule has 0 fully saturated rings. The van der Waals surface area contributed by atoms with Crippen LogP contribution in [-0.2, 0) is 6.61 Å². The molecule has 0 amide bonds. The predicted octanol–water partition coefficient (Wildman–Crippen LogP) is 2.61. The third-order valence-electron chi connectivity index (χ3n) is 1.91. The number of benzene rings is 1. The minimum Gasteiger partial charge on any atom is -0.487 e. The van der Waals surface area contributed by atoms with Crippen molar-refractivity contribution in [2.75, 3.05) is 5.73 Å². The lowest BCUT2D eigenvalue weighted by Crippen LogP contribution is -1.96. The number of hydrogen-bond donors (Lipinski definition) is 1. The number of hydrogen-bond acceptors (Lipinski definition) is 4. The number of nitrogens with zero attached hydrogens (tertiary/aromatic N) is 1. The lowest BCUT2D eigenvalue weighted by atomic mass is 10.3. The summed E-state index contributed by atoms with van der Waals surface area (Å²) in [7, 11) is 0. The number of aromatic nitrogens is 1. The average molecular weight is 220 g/mol. The number of rotatable bonds is 3.